The minimum Gasteiger partial charge on any atom is -0.495 e. The van der Waals surface area contributed by atoms with Crippen LogP contribution in [0.4, 0.5) is 0 Å². The smallest absolute Gasteiger partial charge is 0.279 e. The van der Waals surface area contributed by atoms with Crippen LogP contribution in [-0.4, -0.2) is 57.1 Å². The van der Waals surface area contributed by atoms with Crippen molar-refractivity contribution in [1.29, 1.82) is 0 Å². The molecule has 0 aliphatic carbocycles. The van der Waals surface area contributed by atoms with E-state index in [1.54, 1.807) is 18.5 Å². The molecule has 0 bridgehead atoms. The molecule has 34 heavy (non-hydrogen) atoms. The lowest BCUT2D eigenvalue weighted by Crippen LogP contribution is -2.31. The molecule has 2 heterocycles. The number of ether oxygens (including phenoxy) is 2. The number of sulfonamides is 1. The summed E-state index contributed by atoms with van der Waals surface area (Å²) in [7, 11) is -0.339. The van der Waals surface area contributed by atoms with Gasteiger partial charge in [0.1, 0.15) is 11.3 Å². The first-order valence-corrected chi connectivity index (χ1v) is 13.6. The fourth-order valence-corrected chi connectivity index (χ4v) is 6.68. The van der Waals surface area contributed by atoms with Crippen LogP contribution in [-0.2, 0) is 21.3 Å². The number of rotatable bonds is 7. The van der Waals surface area contributed by atoms with Crippen LogP contribution < -0.4 is 9.54 Å². The minimum absolute atomic E-state index is 0.202. The van der Waals surface area contributed by atoms with Crippen molar-refractivity contribution in [3.05, 3.63) is 52.8 Å². The van der Waals surface area contributed by atoms with E-state index in [4.69, 9.17) is 9.47 Å². The Morgan fingerprint density at radius 1 is 1.03 bits per heavy atom. The molecule has 2 aromatic carbocycles. The Hall–Kier alpha value is -2.53. The number of amides is 1. The second-order valence-electron chi connectivity index (χ2n) is 8.10. The Labute approximate surface area is 203 Å². The first kappa shape index (κ1) is 24.6. The van der Waals surface area contributed by atoms with E-state index in [9.17, 15) is 13.2 Å². The number of thiazole rings is 1. The molecular formula is C24H29N3O5S2. The molecule has 3 aromatic rings. The third-order valence-corrected chi connectivity index (χ3v) is 8.86. The highest BCUT2D eigenvalue weighted by Gasteiger charge is 2.25. The molecule has 4 rings (SSSR count). The highest BCUT2D eigenvalue weighted by molar-refractivity contribution is 7.89. The summed E-state index contributed by atoms with van der Waals surface area (Å²) in [5.41, 5.74) is 1.19. The molecule has 8 nitrogen and oxygen atoms in total. The average molecular weight is 504 g/mol. The first-order valence-electron chi connectivity index (χ1n) is 11.3. The standard InChI is InChI=1S/C24H29N3O5S2/c1-31-17-16-27-22-20(32-2)8-7-9-21(22)33-24(27)25-23(28)18-10-12-19(13-11-18)34(29,30)26-14-5-3-4-6-15-26/h7-13H,3-6,14-17H2,1-2H3. The molecule has 0 radical (unpaired) electrons. The molecule has 182 valence electrons. The van der Waals surface area contributed by atoms with Crippen molar-refractivity contribution in [2.75, 3.05) is 33.9 Å². The van der Waals surface area contributed by atoms with Gasteiger partial charge in [0.25, 0.3) is 5.91 Å². The molecule has 10 heteroatoms. The fourth-order valence-electron chi connectivity index (χ4n) is 4.09. The summed E-state index contributed by atoms with van der Waals surface area (Å²) in [5.74, 6) is 0.261. The molecule has 0 unspecified atom stereocenters. The number of nitrogens with zero attached hydrogens (tertiary/aromatic N) is 3. The van der Waals surface area contributed by atoms with Crippen molar-refractivity contribution in [3.8, 4) is 5.75 Å². The Morgan fingerprint density at radius 2 is 1.74 bits per heavy atom. The summed E-state index contributed by atoms with van der Waals surface area (Å²) in [6, 6.07) is 11.8. The van der Waals surface area contributed by atoms with Crippen LogP contribution >= 0.6 is 11.3 Å². The Bertz CT molecular complexity index is 1320. The van der Waals surface area contributed by atoms with E-state index in [2.05, 4.69) is 4.99 Å². The Morgan fingerprint density at radius 3 is 2.38 bits per heavy atom. The lowest BCUT2D eigenvalue weighted by molar-refractivity contribution is 0.0997. The predicted molar refractivity (Wildman–Crippen MR) is 132 cm³/mol. The maximum Gasteiger partial charge on any atom is 0.279 e. The lowest BCUT2D eigenvalue weighted by atomic mass is 10.2. The third-order valence-electron chi connectivity index (χ3n) is 5.90. The number of hydrogen-bond acceptors (Lipinski definition) is 6. The molecule has 1 amide bonds. The van der Waals surface area contributed by atoms with Gasteiger partial charge in [-0.1, -0.05) is 30.2 Å². The highest BCUT2D eigenvalue weighted by Crippen LogP contribution is 2.27. The second-order valence-corrected chi connectivity index (χ2v) is 11.0. The van der Waals surface area contributed by atoms with Crippen molar-refractivity contribution in [2.24, 2.45) is 4.99 Å². The normalized spacial score (nSPS) is 16.0. The van der Waals surface area contributed by atoms with Crippen LogP contribution in [0.3, 0.4) is 0 Å². The van der Waals surface area contributed by atoms with Gasteiger partial charge in [0, 0.05) is 32.3 Å². The van der Waals surface area contributed by atoms with Crippen molar-refractivity contribution in [1.82, 2.24) is 8.87 Å². The van der Waals surface area contributed by atoms with Crippen LogP contribution in [0.1, 0.15) is 36.0 Å². The molecular weight excluding hydrogens is 474 g/mol. The van der Waals surface area contributed by atoms with Crippen LogP contribution in [0.2, 0.25) is 0 Å². The SMILES string of the molecule is COCCn1c(=NC(=O)c2ccc(S(=O)(=O)N3CCCCCC3)cc2)sc2cccc(OC)c21. The number of aromatic nitrogens is 1. The van der Waals surface area contributed by atoms with Crippen molar-refractivity contribution < 1.29 is 22.7 Å². The maximum absolute atomic E-state index is 13.0. The second kappa shape index (κ2) is 10.8. The van der Waals surface area contributed by atoms with Gasteiger partial charge in [-0.3, -0.25) is 4.79 Å². The molecule has 0 atom stereocenters. The minimum atomic E-state index is -3.57. The molecule has 0 spiro atoms. The summed E-state index contributed by atoms with van der Waals surface area (Å²) < 4.78 is 41.2. The van der Waals surface area contributed by atoms with Gasteiger partial charge in [0.05, 0.1) is 23.3 Å². The number of carbonyl (C=O) groups excluding carboxylic acids is 1. The summed E-state index contributed by atoms with van der Waals surface area (Å²) in [6.07, 6.45) is 3.85. The first-order chi connectivity index (χ1) is 16.5. The van der Waals surface area contributed by atoms with Gasteiger partial charge < -0.3 is 14.0 Å². The number of fused-ring (bicyclic) bond motifs is 1. The number of benzene rings is 2. The summed E-state index contributed by atoms with van der Waals surface area (Å²) in [6.45, 7) is 2.04. The van der Waals surface area contributed by atoms with E-state index in [0.717, 1.165) is 35.9 Å². The number of hydrogen-bond donors (Lipinski definition) is 0. The van der Waals surface area contributed by atoms with Gasteiger partial charge >= 0.3 is 0 Å². The average Bonchev–Trinajstić information content (AvgIpc) is 3.01. The van der Waals surface area contributed by atoms with Gasteiger partial charge in [0.2, 0.25) is 10.0 Å². The molecule has 1 aromatic heterocycles. The Balaban J connectivity index is 1.65. The van der Waals surface area contributed by atoms with Crippen LogP contribution in [0.25, 0.3) is 10.2 Å². The molecule has 1 aliphatic rings. The van der Waals surface area contributed by atoms with E-state index in [-0.39, 0.29) is 4.90 Å². The summed E-state index contributed by atoms with van der Waals surface area (Å²) in [5, 5.41) is 0. The van der Waals surface area contributed by atoms with Crippen molar-refractivity contribution >= 4 is 37.5 Å². The topological polar surface area (TPSA) is 90.2 Å². The van der Waals surface area contributed by atoms with Gasteiger partial charge in [0.15, 0.2) is 4.80 Å². The van der Waals surface area contributed by atoms with E-state index in [1.165, 1.54) is 35.6 Å². The van der Waals surface area contributed by atoms with E-state index in [1.807, 2.05) is 22.8 Å². The number of para-hydroxylation sites is 1. The lowest BCUT2D eigenvalue weighted by Gasteiger charge is -2.19. The predicted octanol–water partition coefficient (Wildman–Crippen LogP) is 3.66. The highest BCUT2D eigenvalue weighted by atomic mass is 32.2. The van der Waals surface area contributed by atoms with Crippen LogP contribution in [0.15, 0.2) is 52.4 Å². The zero-order valence-corrected chi connectivity index (χ0v) is 21.0. The van der Waals surface area contributed by atoms with Crippen molar-refractivity contribution in [3.63, 3.8) is 0 Å². The molecule has 1 fully saturated rings. The molecule has 1 aliphatic heterocycles. The number of carbonyl (C=O) groups is 1. The van der Waals surface area contributed by atoms with Gasteiger partial charge in [-0.15, -0.1) is 0 Å². The quantitative estimate of drug-likeness (QED) is 0.491. The largest absolute Gasteiger partial charge is 0.495 e. The molecule has 0 N–H and O–H groups in total. The van der Waals surface area contributed by atoms with Crippen molar-refractivity contribution in [2.45, 2.75) is 37.1 Å². The monoisotopic (exact) mass is 503 g/mol. The van der Waals surface area contributed by atoms with Gasteiger partial charge in [-0.25, -0.2) is 8.42 Å². The number of methoxy groups -OCH3 is 2. The third kappa shape index (κ3) is 5.10. The van der Waals surface area contributed by atoms with Crippen LogP contribution in [0, 0.1) is 0 Å². The Kier molecular flexibility index (Phi) is 7.82. The zero-order chi connectivity index (χ0) is 24.1. The van der Waals surface area contributed by atoms with Crippen LogP contribution in [0.5, 0.6) is 5.75 Å². The maximum atomic E-state index is 13.0. The van der Waals surface area contributed by atoms with E-state index in [0.29, 0.717) is 42.4 Å². The summed E-state index contributed by atoms with van der Waals surface area (Å²) in [4.78, 5) is 18.1. The molecule has 0 saturated carbocycles. The summed E-state index contributed by atoms with van der Waals surface area (Å²) >= 11 is 1.39. The fraction of sp³-hybridized carbons (Fsp3) is 0.417. The van der Waals surface area contributed by atoms with E-state index >= 15 is 0 Å². The zero-order valence-electron chi connectivity index (χ0n) is 19.4. The molecule has 1 saturated heterocycles. The van der Waals surface area contributed by atoms with Gasteiger partial charge in [-0.2, -0.15) is 9.30 Å². The van der Waals surface area contributed by atoms with E-state index < -0.39 is 15.9 Å². The van der Waals surface area contributed by atoms with Gasteiger partial charge in [-0.05, 0) is 49.2 Å².